The molecule has 0 spiro atoms. The van der Waals surface area contributed by atoms with Gasteiger partial charge in [-0.05, 0) is 42.8 Å². The molecule has 0 aliphatic rings. The maximum absolute atomic E-state index is 10.5. The van der Waals surface area contributed by atoms with E-state index in [1.165, 1.54) is 6.08 Å². The van der Waals surface area contributed by atoms with Crippen LogP contribution in [0.2, 0.25) is 10.0 Å². The van der Waals surface area contributed by atoms with Gasteiger partial charge < -0.3 is 5.11 Å². The van der Waals surface area contributed by atoms with Crippen LogP contribution in [-0.4, -0.2) is 16.1 Å². The number of benzene rings is 1. The molecule has 2 rings (SSSR count). The summed E-state index contributed by atoms with van der Waals surface area (Å²) < 4.78 is 0. The summed E-state index contributed by atoms with van der Waals surface area (Å²) in [6.45, 7) is 1.81. The number of hydrogen-bond donors (Lipinski definition) is 1. The molecule has 3 nitrogen and oxygen atoms in total. The fourth-order valence-electron chi connectivity index (χ4n) is 1.75. The van der Waals surface area contributed by atoms with Crippen LogP contribution in [-0.2, 0) is 4.79 Å². The number of pyridine rings is 1. The van der Waals surface area contributed by atoms with E-state index in [2.05, 4.69) is 4.98 Å². The number of nitrogens with zero attached hydrogens (tertiary/aromatic N) is 1. The van der Waals surface area contributed by atoms with Crippen LogP contribution in [0.25, 0.3) is 17.3 Å². The standard InChI is InChI=1S/C15H11Cl2NO2/c1-9-10(3-7-15(19)20)2-6-14(18-9)12-8-11(16)4-5-13(12)17/h2-8H,1H3,(H,19,20)/b7-3+. The molecule has 0 aliphatic heterocycles. The first-order chi connectivity index (χ1) is 9.47. The molecule has 1 heterocycles. The zero-order chi connectivity index (χ0) is 14.7. The van der Waals surface area contributed by atoms with Gasteiger partial charge in [0.1, 0.15) is 0 Å². The largest absolute Gasteiger partial charge is 0.478 e. The fraction of sp³-hybridized carbons (Fsp3) is 0.0667. The zero-order valence-corrected chi connectivity index (χ0v) is 12.1. The van der Waals surface area contributed by atoms with E-state index in [9.17, 15) is 4.79 Å². The van der Waals surface area contributed by atoms with Gasteiger partial charge in [-0.1, -0.05) is 29.3 Å². The van der Waals surface area contributed by atoms with Crippen molar-refractivity contribution < 1.29 is 9.90 Å². The Morgan fingerprint density at radius 3 is 2.65 bits per heavy atom. The molecule has 0 aliphatic carbocycles. The summed E-state index contributed by atoms with van der Waals surface area (Å²) in [5.41, 5.74) is 2.91. The second-order valence-corrected chi connectivity index (χ2v) is 5.01. The van der Waals surface area contributed by atoms with E-state index in [-0.39, 0.29) is 0 Å². The molecular weight excluding hydrogens is 297 g/mol. The van der Waals surface area contributed by atoms with E-state index in [1.54, 1.807) is 30.3 Å². The van der Waals surface area contributed by atoms with Crippen molar-refractivity contribution in [2.75, 3.05) is 0 Å². The monoisotopic (exact) mass is 307 g/mol. The predicted octanol–water partition coefficient (Wildman–Crippen LogP) is 4.46. The molecule has 2 aromatic rings. The third kappa shape index (κ3) is 3.38. The minimum atomic E-state index is -0.994. The molecule has 1 N–H and O–H groups in total. The predicted molar refractivity (Wildman–Crippen MR) is 81.1 cm³/mol. The van der Waals surface area contributed by atoms with Gasteiger partial charge in [0.05, 0.1) is 10.7 Å². The van der Waals surface area contributed by atoms with Crippen molar-refractivity contribution in [2.24, 2.45) is 0 Å². The third-order valence-electron chi connectivity index (χ3n) is 2.74. The molecule has 0 radical (unpaired) electrons. The number of aromatic nitrogens is 1. The summed E-state index contributed by atoms with van der Waals surface area (Å²) in [4.78, 5) is 15.0. The first-order valence-electron chi connectivity index (χ1n) is 5.81. The van der Waals surface area contributed by atoms with Crippen molar-refractivity contribution in [1.29, 1.82) is 0 Å². The second kappa shape index (κ2) is 6.07. The Hall–Kier alpha value is -1.84. The highest BCUT2D eigenvalue weighted by Crippen LogP contribution is 2.30. The van der Waals surface area contributed by atoms with E-state index in [4.69, 9.17) is 28.3 Å². The van der Waals surface area contributed by atoms with E-state index in [1.807, 2.05) is 6.92 Å². The smallest absolute Gasteiger partial charge is 0.328 e. The van der Waals surface area contributed by atoms with Crippen LogP contribution in [0, 0.1) is 6.92 Å². The quantitative estimate of drug-likeness (QED) is 0.852. The van der Waals surface area contributed by atoms with Crippen LogP contribution in [0.5, 0.6) is 0 Å². The number of carboxylic acid groups (broad SMARTS) is 1. The van der Waals surface area contributed by atoms with Gasteiger partial charge in [0.15, 0.2) is 0 Å². The topological polar surface area (TPSA) is 50.2 Å². The van der Waals surface area contributed by atoms with Gasteiger partial charge in [-0.15, -0.1) is 0 Å². The highest BCUT2D eigenvalue weighted by Gasteiger charge is 2.07. The molecule has 0 bridgehead atoms. The Morgan fingerprint density at radius 2 is 2.00 bits per heavy atom. The van der Waals surface area contributed by atoms with Crippen LogP contribution < -0.4 is 0 Å². The third-order valence-corrected chi connectivity index (χ3v) is 3.30. The van der Waals surface area contributed by atoms with Gasteiger partial charge in [-0.3, -0.25) is 4.98 Å². The summed E-state index contributed by atoms with van der Waals surface area (Å²) in [6, 6.07) is 8.76. The number of halogens is 2. The molecule has 0 atom stereocenters. The molecule has 1 aromatic heterocycles. The lowest BCUT2D eigenvalue weighted by Crippen LogP contribution is -1.92. The number of carbonyl (C=O) groups is 1. The van der Waals surface area contributed by atoms with Gasteiger partial charge >= 0.3 is 5.97 Å². The lowest BCUT2D eigenvalue weighted by molar-refractivity contribution is -0.131. The Labute approximate surface area is 126 Å². The highest BCUT2D eigenvalue weighted by molar-refractivity contribution is 6.35. The van der Waals surface area contributed by atoms with E-state index in [0.29, 0.717) is 15.7 Å². The normalized spacial score (nSPS) is 10.9. The van der Waals surface area contributed by atoms with Crippen LogP contribution in [0.4, 0.5) is 0 Å². The van der Waals surface area contributed by atoms with Crippen LogP contribution in [0.15, 0.2) is 36.4 Å². The fourth-order valence-corrected chi connectivity index (χ4v) is 2.14. The molecule has 0 saturated heterocycles. The van der Waals surface area contributed by atoms with Crippen molar-refractivity contribution in [3.8, 4) is 11.3 Å². The SMILES string of the molecule is Cc1nc(-c2cc(Cl)ccc2Cl)ccc1/C=C/C(=O)O. The first-order valence-corrected chi connectivity index (χ1v) is 6.57. The van der Waals surface area contributed by atoms with E-state index in [0.717, 1.165) is 22.9 Å². The Bertz CT molecular complexity index is 696. The van der Waals surface area contributed by atoms with Crippen molar-refractivity contribution in [1.82, 2.24) is 4.98 Å². The Morgan fingerprint density at radius 1 is 1.25 bits per heavy atom. The lowest BCUT2D eigenvalue weighted by Gasteiger charge is -2.07. The molecule has 0 unspecified atom stereocenters. The van der Waals surface area contributed by atoms with Gasteiger partial charge in [0.25, 0.3) is 0 Å². The summed E-state index contributed by atoms with van der Waals surface area (Å²) in [6.07, 6.45) is 2.59. The minimum absolute atomic E-state index is 0.565. The molecule has 5 heteroatoms. The number of rotatable bonds is 3. The van der Waals surface area contributed by atoms with Gasteiger partial charge in [-0.25, -0.2) is 4.79 Å². The molecule has 0 fully saturated rings. The average Bonchev–Trinajstić information content (AvgIpc) is 2.40. The number of aliphatic carboxylic acids is 1. The number of hydrogen-bond acceptors (Lipinski definition) is 2. The van der Waals surface area contributed by atoms with Crippen LogP contribution in [0.3, 0.4) is 0 Å². The van der Waals surface area contributed by atoms with E-state index < -0.39 is 5.97 Å². The van der Waals surface area contributed by atoms with Crippen LogP contribution >= 0.6 is 23.2 Å². The molecule has 0 saturated carbocycles. The van der Waals surface area contributed by atoms with E-state index >= 15 is 0 Å². The zero-order valence-electron chi connectivity index (χ0n) is 10.6. The van der Waals surface area contributed by atoms with Crippen molar-refractivity contribution >= 4 is 35.2 Å². The summed E-state index contributed by atoms with van der Waals surface area (Å²) in [5, 5.41) is 9.77. The Balaban J connectivity index is 2.43. The first kappa shape index (κ1) is 14.6. The van der Waals surface area contributed by atoms with Gasteiger partial charge in [0.2, 0.25) is 0 Å². The highest BCUT2D eigenvalue weighted by atomic mass is 35.5. The summed E-state index contributed by atoms with van der Waals surface area (Å²) in [7, 11) is 0. The maximum atomic E-state index is 10.5. The number of carboxylic acids is 1. The summed E-state index contributed by atoms with van der Waals surface area (Å²) >= 11 is 12.1. The van der Waals surface area contributed by atoms with Crippen LogP contribution in [0.1, 0.15) is 11.3 Å². The van der Waals surface area contributed by atoms with Crippen molar-refractivity contribution in [2.45, 2.75) is 6.92 Å². The summed E-state index contributed by atoms with van der Waals surface area (Å²) in [5.74, 6) is -0.994. The number of aryl methyl sites for hydroxylation is 1. The van der Waals surface area contributed by atoms with Gasteiger partial charge in [0, 0.05) is 22.4 Å². The lowest BCUT2D eigenvalue weighted by atomic mass is 10.1. The molecule has 0 amide bonds. The molecule has 20 heavy (non-hydrogen) atoms. The second-order valence-electron chi connectivity index (χ2n) is 4.17. The van der Waals surface area contributed by atoms with Crippen molar-refractivity contribution in [3.05, 3.63) is 57.7 Å². The molecule has 1 aromatic carbocycles. The molecule has 102 valence electrons. The average molecular weight is 308 g/mol. The van der Waals surface area contributed by atoms with Crippen molar-refractivity contribution in [3.63, 3.8) is 0 Å². The maximum Gasteiger partial charge on any atom is 0.328 e. The van der Waals surface area contributed by atoms with Gasteiger partial charge in [-0.2, -0.15) is 0 Å². The Kier molecular flexibility index (Phi) is 4.42. The molecular formula is C15H11Cl2NO2. The minimum Gasteiger partial charge on any atom is -0.478 e.